The third kappa shape index (κ3) is 1.89. The molecule has 1 rings (SSSR count). The minimum Gasteiger partial charge on any atom is -0.369 e. The Morgan fingerprint density at radius 3 is 3.00 bits per heavy atom. The van der Waals surface area contributed by atoms with E-state index in [9.17, 15) is 0 Å². The minimum atomic E-state index is -0.264. The monoisotopic (exact) mass is 170 g/mol. The van der Waals surface area contributed by atoms with Crippen molar-refractivity contribution >= 4 is 5.96 Å². The van der Waals surface area contributed by atoms with Gasteiger partial charge in [0, 0.05) is 0 Å². The number of aromatic nitrogens is 4. The first-order valence-electron chi connectivity index (χ1n) is 3.27. The zero-order valence-electron chi connectivity index (χ0n) is 6.52. The Balaban J connectivity index is 2.66. The lowest BCUT2D eigenvalue weighted by atomic mass is 10.3. The summed E-state index contributed by atoms with van der Waals surface area (Å²) in [6, 6.07) is -0.264. The van der Waals surface area contributed by atoms with Crippen LogP contribution in [0.4, 0.5) is 0 Å². The smallest absolute Gasteiger partial charge is 0.203 e. The number of hydrogen-bond acceptors (Lipinski definition) is 5. The van der Waals surface area contributed by atoms with Gasteiger partial charge in [0.25, 0.3) is 0 Å². The summed E-state index contributed by atoms with van der Waals surface area (Å²) in [7, 11) is 0. The first-order chi connectivity index (χ1) is 5.74. The maximum Gasteiger partial charge on any atom is 0.203 e. The van der Waals surface area contributed by atoms with Gasteiger partial charge in [0.15, 0.2) is 5.82 Å². The normalized spacial score (nSPS) is 14.3. The van der Waals surface area contributed by atoms with Gasteiger partial charge in [-0.3, -0.25) is 5.43 Å². The first-order valence-corrected chi connectivity index (χ1v) is 3.27. The van der Waals surface area contributed by atoms with Gasteiger partial charge in [0.05, 0.1) is 0 Å². The molecule has 0 spiro atoms. The molecule has 6 N–H and O–H groups in total. The molecule has 1 atom stereocenters. The SMILES string of the molecule is CC(N=C(N)NN)c1nn[nH]n1. The van der Waals surface area contributed by atoms with Gasteiger partial charge in [0.1, 0.15) is 6.04 Å². The number of aliphatic imine (C=N–C) groups is 1. The van der Waals surface area contributed by atoms with Crippen LogP contribution in [0, 0.1) is 0 Å². The number of H-pyrrole nitrogens is 1. The van der Waals surface area contributed by atoms with E-state index >= 15 is 0 Å². The van der Waals surface area contributed by atoms with Crippen LogP contribution in [0.3, 0.4) is 0 Å². The standard InChI is InChI=1S/C4H10N8/c1-2(7-4(5)8-6)3-9-11-12-10-3/h2H,6H2,1H3,(H3,5,7,8)(H,9,10,11,12). The van der Waals surface area contributed by atoms with Crippen LogP contribution in [-0.2, 0) is 0 Å². The molecule has 1 unspecified atom stereocenters. The van der Waals surface area contributed by atoms with Crippen LogP contribution in [0.2, 0.25) is 0 Å². The summed E-state index contributed by atoms with van der Waals surface area (Å²) in [6.07, 6.45) is 0. The van der Waals surface area contributed by atoms with Crippen molar-refractivity contribution in [1.29, 1.82) is 0 Å². The molecule has 0 amide bonds. The molecule has 8 nitrogen and oxygen atoms in total. The van der Waals surface area contributed by atoms with Crippen LogP contribution in [-0.4, -0.2) is 26.6 Å². The fraction of sp³-hybridized carbons (Fsp3) is 0.500. The number of tetrazole rings is 1. The molecule has 12 heavy (non-hydrogen) atoms. The molecule has 0 saturated carbocycles. The van der Waals surface area contributed by atoms with E-state index in [1.807, 2.05) is 0 Å². The molecule has 0 aromatic carbocycles. The third-order valence-electron chi connectivity index (χ3n) is 1.22. The number of aromatic amines is 1. The molecule has 0 radical (unpaired) electrons. The van der Waals surface area contributed by atoms with Gasteiger partial charge in [-0.2, -0.15) is 5.21 Å². The van der Waals surface area contributed by atoms with E-state index in [4.69, 9.17) is 11.6 Å². The number of hydrazine groups is 1. The number of nitrogens with one attached hydrogen (secondary N) is 2. The average molecular weight is 170 g/mol. The summed E-state index contributed by atoms with van der Waals surface area (Å²) < 4.78 is 0. The molecule has 0 aliphatic rings. The van der Waals surface area contributed by atoms with Gasteiger partial charge >= 0.3 is 0 Å². The summed E-state index contributed by atoms with van der Waals surface area (Å²) >= 11 is 0. The second-order valence-corrected chi connectivity index (χ2v) is 2.10. The molecule has 1 aromatic rings. The van der Waals surface area contributed by atoms with Crippen LogP contribution in [0.5, 0.6) is 0 Å². The van der Waals surface area contributed by atoms with Gasteiger partial charge in [-0.05, 0) is 6.92 Å². The van der Waals surface area contributed by atoms with Crippen LogP contribution in [0.15, 0.2) is 4.99 Å². The van der Waals surface area contributed by atoms with Crippen LogP contribution in [0.25, 0.3) is 0 Å². The van der Waals surface area contributed by atoms with Crippen molar-refractivity contribution in [2.45, 2.75) is 13.0 Å². The molecule has 1 heterocycles. The van der Waals surface area contributed by atoms with Gasteiger partial charge in [0.2, 0.25) is 5.96 Å². The van der Waals surface area contributed by atoms with E-state index in [-0.39, 0.29) is 12.0 Å². The highest BCUT2D eigenvalue weighted by atomic mass is 15.5. The van der Waals surface area contributed by atoms with E-state index in [1.54, 1.807) is 6.92 Å². The maximum absolute atomic E-state index is 5.31. The molecular formula is C4H10N8. The number of hydrogen-bond donors (Lipinski definition) is 4. The van der Waals surface area contributed by atoms with Gasteiger partial charge in [-0.25, -0.2) is 10.8 Å². The van der Waals surface area contributed by atoms with Crippen LogP contribution < -0.4 is 17.0 Å². The van der Waals surface area contributed by atoms with Crippen molar-refractivity contribution in [2.75, 3.05) is 0 Å². The zero-order chi connectivity index (χ0) is 8.97. The van der Waals surface area contributed by atoms with Gasteiger partial charge < -0.3 is 5.73 Å². The van der Waals surface area contributed by atoms with E-state index in [2.05, 4.69) is 31.0 Å². The second-order valence-electron chi connectivity index (χ2n) is 2.10. The Hall–Kier alpha value is -1.70. The Kier molecular flexibility index (Phi) is 2.53. The molecule has 0 aliphatic heterocycles. The quantitative estimate of drug-likeness (QED) is 0.176. The summed E-state index contributed by atoms with van der Waals surface area (Å²) in [5.74, 6) is 5.60. The van der Waals surface area contributed by atoms with Crippen molar-refractivity contribution in [3.05, 3.63) is 5.82 Å². The molecule has 1 aromatic heterocycles. The molecule has 0 fully saturated rings. The lowest BCUT2D eigenvalue weighted by Crippen LogP contribution is -2.37. The Morgan fingerprint density at radius 1 is 1.75 bits per heavy atom. The molecule has 0 bridgehead atoms. The van der Waals surface area contributed by atoms with Crippen LogP contribution in [0.1, 0.15) is 18.8 Å². The number of guanidine groups is 1. The first kappa shape index (κ1) is 8.40. The highest BCUT2D eigenvalue weighted by Crippen LogP contribution is 2.07. The average Bonchev–Trinajstić information content (AvgIpc) is 2.56. The lowest BCUT2D eigenvalue weighted by molar-refractivity contribution is 0.734. The fourth-order valence-corrected chi connectivity index (χ4v) is 0.650. The van der Waals surface area contributed by atoms with E-state index in [0.717, 1.165) is 0 Å². The molecule has 8 heteroatoms. The fourth-order valence-electron chi connectivity index (χ4n) is 0.650. The summed E-state index contributed by atoms with van der Waals surface area (Å²) in [4.78, 5) is 3.91. The van der Waals surface area contributed by atoms with Gasteiger partial charge in [-0.15, -0.1) is 10.2 Å². The number of rotatable bonds is 2. The van der Waals surface area contributed by atoms with Crippen molar-refractivity contribution in [3.8, 4) is 0 Å². The molecule has 66 valence electrons. The maximum atomic E-state index is 5.31. The number of nitrogens with two attached hydrogens (primary N) is 2. The highest BCUT2D eigenvalue weighted by Gasteiger charge is 2.08. The van der Waals surface area contributed by atoms with Crippen LogP contribution >= 0.6 is 0 Å². The van der Waals surface area contributed by atoms with Crippen molar-refractivity contribution in [1.82, 2.24) is 26.0 Å². The predicted octanol–water partition coefficient (Wildman–Crippen LogP) is -1.96. The highest BCUT2D eigenvalue weighted by molar-refractivity contribution is 5.77. The third-order valence-corrected chi connectivity index (χ3v) is 1.22. The van der Waals surface area contributed by atoms with E-state index in [0.29, 0.717) is 5.82 Å². The van der Waals surface area contributed by atoms with Crippen molar-refractivity contribution in [2.24, 2.45) is 16.6 Å². The van der Waals surface area contributed by atoms with Gasteiger partial charge in [-0.1, -0.05) is 5.21 Å². The summed E-state index contributed by atoms with van der Waals surface area (Å²) in [6.45, 7) is 1.77. The summed E-state index contributed by atoms with van der Waals surface area (Å²) in [5, 5.41) is 13.1. The van der Waals surface area contributed by atoms with Crippen molar-refractivity contribution < 1.29 is 0 Å². The topological polar surface area (TPSA) is 131 Å². The Labute approximate surface area is 68.4 Å². The van der Waals surface area contributed by atoms with E-state index in [1.165, 1.54) is 0 Å². The second kappa shape index (κ2) is 3.62. The number of nitrogens with zero attached hydrogens (tertiary/aromatic N) is 4. The molecule has 0 aliphatic carbocycles. The zero-order valence-corrected chi connectivity index (χ0v) is 6.52. The molecule has 0 saturated heterocycles. The van der Waals surface area contributed by atoms with E-state index < -0.39 is 0 Å². The predicted molar refractivity (Wildman–Crippen MR) is 41.5 cm³/mol. The minimum absolute atomic E-state index is 0.132. The Morgan fingerprint density at radius 2 is 2.50 bits per heavy atom. The molecular weight excluding hydrogens is 160 g/mol. The largest absolute Gasteiger partial charge is 0.369 e. The Bertz CT molecular complexity index is 250. The van der Waals surface area contributed by atoms with Crippen molar-refractivity contribution in [3.63, 3.8) is 0 Å². The lowest BCUT2D eigenvalue weighted by Gasteiger charge is -2.01. The summed E-state index contributed by atoms with van der Waals surface area (Å²) in [5.41, 5.74) is 7.51.